The van der Waals surface area contributed by atoms with Gasteiger partial charge in [0, 0.05) is 33.0 Å². The van der Waals surface area contributed by atoms with Crippen molar-refractivity contribution >= 4 is 21.9 Å². The number of rotatable bonds is 9. The van der Waals surface area contributed by atoms with Gasteiger partial charge in [-0.25, -0.2) is 15.0 Å². The maximum Gasteiger partial charge on any atom is 0.164 e. The monoisotopic (exact) mass is 855 g/mol. The number of furan rings is 1. The largest absolute Gasteiger partial charge is 0.455 e. The number of benzene rings is 10. The van der Waals surface area contributed by atoms with Gasteiger partial charge in [-0.2, -0.15) is 0 Å². The highest BCUT2D eigenvalue weighted by Crippen LogP contribution is 2.41. The first kappa shape index (κ1) is 39.6. The fourth-order valence-corrected chi connectivity index (χ4v) is 9.08. The molecule has 10 aromatic carbocycles. The van der Waals surface area contributed by atoms with E-state index in [1.807, 2.05) is 30.3 Å². The molecule has 0 bridgehead atoms. The Morgan fingerprint density at radius 2 is 0.537 bits per heavy atom. The SMILES string of the molecule is c1ccc(-c2ccc(-c3ccc(-c4nc(-c5ccc(-c6ccc(-c7ccccc7)cc6)cc5)nc(-c5cccc6oc7c(-c8ccc(-c9ccccc9)cc8)cccc7c56)n4)cc3)cc2)cc1. The first-order chi connectivity index (χ1) is 33.2. The van der Waals surface area contributed by atoms with Crippen molar-refractivity contribution in [3.05, 3.63) is 249 Å². The summed E-state index contributed by atoms with van der Waals surface area (Å²) in [6, 6.07) is 87.0. The first-order valence-electron chi connectivity index (χ1n) is 22.6. The molecule has 4 heteroatoms. The maximum atomic E-state index is 6.75. The summed E-state index contributed by atoms with van der Waals surface area (Å²) >= 11 is 0. The smallest absolute Gasteiger partial charge is 0.164 e. The molecule has 12 rings (SSSR count). The molecule has 314 valence electrons. The zero-order valence-electron chi connectivity index (χ0n) is 36.4. The number of hydrogen-bond acceptors (Lipinski definition) is 4. The van der Waals surface area contributed by atoms with Crippen molar-refractivity contribution in [3.8, 4) is 101 Å². The molecule has 0 N–H and O–H groups in total. The van der Waals surface area contributed by atoms with Crippen LogP contribution in [-0.2, 0) is 0 Å². The Bertz CT molecular complexity index is 3520. The van der Waals surface area contributed by atoms with Gasteiger partial charge < -0.3 is 4.42 Å². The molecule has 0 saturated carbocycles. The summed E-state index contributed by atoms with van der Waals surface area (Å²) in [5.74, 6) is 1.76. The predicted octanol–water partition coefficient (Wildman–Crippen LogP) is 16.8. The van der Waals surface area contributed by atoms with E-state index in [0.717, 1.165) is 72.0 Å². The van der Waals surface area contributed by atoms with E-state index < -0.39 is 0 Å². The van der Waals surface area contributed by atoms with E-state index in [1.165, 1.54) is 33.4 Å². The number of hydrogen-bond donors (Lipinski definition) is 0. The van der Waals surface area contributed by atoms with Gasteiger partial charge in [0.15, 0.2) is 17.5 Å². The molecule has 2 heterocycles. The van der Waals surface area contributed by atoms with Crippen LogP contribution in [0.1, 0.15) is 0 Å². The summed E-state index contributed by atoms with van der Waals surface area (Å²) in [4.78, 5) is 15.6. The third-order valence-corrected chi connectivity index (χ3v) is 12.6. The predicted molar refractivity (Wildman–Crippen MR) is 276 cm³/mol. The van der Waals surface area contributed by atoms with Crippen LogP contribution in [0.15, 0.2) is 253 Å². The minimum atomic E-state index is 0.576. The molecular formula is C63H41N3O. The molecule has 12 aromatic rings. The molecule has 0 aliphatic carbocycles. The Kier molecular flexibility index (Phi) is 10.2. The highest BCUT2D eigenvalue weighted by Gasteiger charge is 2.20. The average Bonchev–Trinajstić information content (AvgIpc) is 3.81. The van der Waals surface area contributed by atoms with Crippen molar-refractivity contribution in [1.82, 2.24) is 15.0 Å². The van der Waals surface area contributed by atoms with Gasteiger partial charge in [0.2, 0.25) is 0 Å². The van der Waals surface area contributed by atoms with Gasteiger partial charge in [-0.3, -0.25) is 0 Å². The summed E-state index contributed by atoms with van der Waals surface area (Å²) < 4.78 is 6.75. The van der Waals surface area contributed by atoms with E-state index >= 15 is 0 Å². The third-order valence-electron chi connectivity index (χ3n) is 12.6. The minimum Gasteiger partial charge on any atom is -0.455 e. The average molecular weight is 856 g/mol. The first-order valence-corrected chi connectivity index (χ1v) is 22.6. The van der Waals surface area contributed by atoms with Gasteiger partial charge >= 0.3 is 0 Å². The molecule has 2 aromatic heterocycles. The molecule has 0 atom stereocenters. The van der Waals surface area contributed by atoms with Crippen LogP contribution in [0.5, 0.6) is 0 Å². The maximum absolute atomic E-state index is 6.75. The van der Waals surface area contributed by atoms with Crippen LogP contribution < -0.4 is 0 Å². The fourth-order valence-electron chi connectivity index (χ4n) is 9.08. The zero-order valence-corrected chi connectivity index (χ0v) is 36.4. The van der Waals surface area contributed by atoms with Crippen LogP contribution >= 0.6 is 0 Å². The second kappa shape index (κ2) is 17.2. The standard InChI is InChI=1S/C63H41N3O/c1-4-12-42(13-5-1)45-22-26-48(27-23-45)50-32-38-53(39-33-50)61-64-62(54-40-34-51(35-41-54)49-28-24-46(25-29-49)43-14-6-2-7-15-43)66-63(65-61)57-20-11-21-58-59(57)56-19-10-18-55(60(56)67-58)52-36-30-47(31-37-52)44-16-8-3-9-17-44/h1-41H. The lowest BCUT2D eigenvalue weighted by molar-refractivity contribution is 0.670. The Balaban J connectivity index is 0.934. The molecule has 67 heavy (non-hydrogen) atoms. The van der Waals surface area contributed by atoms with Crippen LogP contribution in [0.25, 0.3) is 123 Å². The zero-order chi connectivity index (χ0) is 44.5. The highest BCUT2D eigenvalue weighted by molar-refractivity contribution is 6.15. The van der Waals surface area contributed by atoms with E-state index in [-0.39, 0.29) is 0 Å². The molecule has 0 amide bonds. The van der Waals surface area contributed by atoms with Crippen molar-refractivity contribution < 1.29 is 4.42 Å². The lowest BCUT2D eigenvalue weighted by atomic mass is 9.98. The summed E-state index contributed by atoms with van der Waals surface area (Å²) in [5.41, 5.74) is 18.0. The van der Waals surface area contributed by atoms with Crippen molar-refractivity contribution in [2.45, 2.75) is 0 Å². The van der Waals surface area contributed by atoms with Crippen molar-refractivity contribution in [2.24, 2.45) is 0 Å². The topological polar surface area (TPSA) is 51.8 Å². The molecular weight excluding hydrogens is 815 g/mol. The van der Waals surface area contributed by atoms with E-state index in [4.69, 9.17) is 19.4 Å². The van der Waals surface area contributed by atoms with Crippen molar-refractivity contribution in [2.75, 3.05) is 0 Å². The fraction of sp³-hybridized carbons (Fsp3) is 0. The van der Waals surface area contributed by atoms with Crippen molar-refractivity contribution in [3.63, 3.8) is 0 Å². The summed E-state index contributed by atoms with van der Waals surface area (Å²) in [5, 5.41) is 1.97. The molecule has 0 spiro atoms. The molecule has 0 saturated heterocycles. The quantitative estimate of drug-likeness (QED) is 0.145. The lowest BCUT2D eigenvalue weighted by Crippen LogP contribution is -2.00. The van der Waals surface area contributed by atoms with E-state index in [1.54, 1.807) is 0 Å². The molecule has 0 fully saturated rings. The van der Waals surface area contributed by atoms with Crippen LogP contribution in [0.4, 0.5) is 0 Å². The van der Waals surface area contributed by atoms with Gasteiger partial charge in [-0.05, 0) is 67.3 Å². The molecule has 0 aliphatic rings. The van der Waals surface area contributed by atoms with Crippen LogP contribution in [0.2, 0.25) is 0 Å². The van der Waals surface area contributed by atoms with Crippen LogP contribution in [0.3, 0.4) is 0 Å². The minimum absolute atomic E-state index is 0.576. The highest BCUT2D eigenvalue weighted by atomic mass is 16.3. The van der Waals surface area contributed by atoms with E-state index in [0.29, 0.717) is 17.5 Å². The number of nitrogens with zero attached hydrogens (tertiary/aromatic N) is 3. The normalized spacial score (nSPS) is 11.3. The van der Waals surface area contributed by atoms with Gasteiger partial charge in [0.25, 0.3) is 0 Å². The van der Waals surface area contributed by atoms with Crippen LogP contribution in [-0.4, -0.2) is 15.0 Å². The van der Waals surface area contributed by atoms with E-state index in [2.05, 4.69) is 218 Å². The molecule has 0 unspecified atom stereocenters. The van der Waals surface area contributed by atoms with Gasteiger partial charge in [0.1, 0.15) is 11.2 Å². The Hall–Kier alpha value is -8.99. The third kappa shape index (κ3) is 7.77. The van der Waals surface area contributed by atoms with Gasteiger partial charge in [-0.1, -0.05) is 243 Å². The number of para-hydroxylation sites is 1. The van der Waals surface area contributed by atoms with E-state index in [9.17, 15) is 0 Å². The molecule has 0 radical (unpaired) electrons. The summed E-state index contributed by atoms with van der Waals surface area (Å²) in [6.45, 7) is 0. The van der Waals surface area contributed by atoms with Gasteiger partial charge in [-0.15, -0.1) is 0 Å². The Labute approximate surface area is 389 Å². The second-order valence-corrected chi connectivity index (χ2v) is 16.8. The molecule has 0 aliphatic heterocycles. The van der Waals surface area contributed by atoms with Crippen molar-refractivity contribution in [1.29, 1.82) is 0 Å². The second-order valence-electron chi connectivity index (χ2n) is 16.8. The number of aromatic nitrogens is 3. The van der Waals surface area contributed by atoms with Gasteiger partial charge in [0.05, 0.1) is 0 Å². The number of fused-ring (bicyclic) bond motifs is 3. The Morgan fingerprint density at radius 1 is 0.224 bits per heavy atom. The molecule has 4 nitrogen and oxygen atoms in total. The summed E-state index contributed by atoms with van der Waals surface area (Å²) in [6.07, 6.45) is 0. The summed E-state index contributed by atoms with van der Waals surface area (Å²) in [7, 11) is 0. The Morgan fingerprint density at radius 3 is 0.940 bits per heavy atom. The van der Waals surface area contributed by atoms with Crippen LogP contribution in [0, 0.1) is 0 Å². The lowest BCUT2D eigenvalue weighted by Gasteiger charge is -2.11.